The van der Waals surface area contributed by atoms with E-state index in [-0.39, 0.29) is 5.56 Å². The smallest absolute Gasteiger partial charge is 0.272 e. The Morgan fingerprint density at radius 3 is 2.85 bits per heavy atom. The summed E-state index contributed by atoms with van der Waals surface area (Å²) in [6.45, 7) is 2.16. The van der Waals surface area contributed by atoms with Crippen molar-refractivity contribution in [2.24, 2.45) is 0 Å². The predicted molar refractivity (Wildman–Crippen MR) is 116 cm³/mol. The highest BCUT2D eigenvalue weighted by atomic mass is 32.2. The highest BCUT2D eigenvalue weighted by Gasteiger charge is 2.13. The third kappa shape index (κ3) is 3.87. The maximum atomic E-state index is 12.4. The summed E-state index contributed by atoms with van der Waals surface area (Å²) in [5, 5.41) is 5.20. The Balaban J connectivity index is 1.67. The number of fused-ring (bicyclic) bond motifs is 1. The Morgan fingerprint density at radius 1 is 1.19 bits per heavy atom. The number of thioether (sulfide) groups is 1. The topological polar surface area (TPSA) is 50.2 Å². The number of hydrogen-bond donors (Lipinski definition) is 1. The zero-order chi connectivity index (χ0) is 18.6. The van der Waals surface area contributed by atoms with Crippen molar-refractivity contribution in [3.8, 4) is 21.6 Å². The van der Waals surface area contributed by atoms with Gasteiger partial charge in [0.2, 0.25) is 0 Å². The van der Waals surface area contributed by atoms with Crippen LogP contribution in [0.4, 0.5) is 0 Å². The van der Waals surface area contributed by atoms with Gasteiger partial charge in [0.15, 0.2) is 5.65 Å². The summed E-state index contributed by atoms with van der Waals surface area (Å²) in [5.41, 5.74) is 4.89. The van der Waals surface area contributed by atoms with Gasteiger partial charge in [-0.15, -0.1) is 11.3 Å². The number of rotatable bonds is 7. The summed E-state index contributed by atoms with van der Waals surface area (Å²) in [6.07, 6.45) is 3.75. The molecular formula is C21H21N3OS2. The summed E-state index contributed by atoms with van der Waals surface area (Å²) in [5.74, 6) is 2.22. The second-order valence-corrected chi connectivity index (χ2v) is 8.60. The van der Waals surface area contributed by atoms with E-state index in [0.717, 1.165) is 40.5 Å². The SMILES string of the molecule is CCSCCCc1cc(=O)n2[nH]cc(-c3cc(-c4ccccc4)cs3)c2n1. The Bertz CT molecular complexity index is 1100. The predicted octanol–water partition coefficient (Wildman–Crippen LogP) is 5.10. The molecule has 0 atom stereocenters. The van der Waals surface area contributed by atoms with E-state index in [2.05, 4.69) is 35.6 Å². The van der Waals surface area contributed by atoms with Gasteiger partial charge in [0.1, 0.15) is 0 Å². The number of nitrogens with zero attached hydrogens (tertiary/aromatic N) is 2. The van der Waals surface area contributed by atoms with E-state index in [4.69, 9.17) is 4.98 Å². The molecule has 0 aliphatic heterocycles. The van der Waals surface area contributed by atoms with Crippen molar-refractivity contribution in [2.75, 3.05) is 11.5 Å². The van der Waals surface area contributed by atoms with Crippen LogP contribution in [0.15, 0.2) is 58.8 Å². The number of aromatic nitrogens is 3. The molecule has 0 aliphatic carbocycles. The normalized spacial score (nSPS) is 11.3. The van der Waals surface area contributed by atoms with E-state index >= 15 is 0 Å². The van der Waals surface area contributed by atoms with Gasteiger partial charge >= 0.3 is 0 Å². The minimum absolute atomic E-state index is 0.0516. The van der Waals surface area contributed by atoms with Crippen LogP contribution >= 0.6 is 23.1 Å². The first-order valence-corrected chi connectivity index (χ1v) is 11.1. The van der Waals surface area contributed by atoms with Crippen molar-refractivity contribution in [3.63, 3.8) is 0 Å². The molecule has 0 bridgehead atoms. The first-order valence-electron chi connectivity index (χ1n) is 9.08. The third-order valence-corrected chi connectivity index (χ3v) is 6.40. The molecule has 0 radical (unpaired) electrons. The molecule has 1 aromatic carbocycles. The molecule has 6 heteroatoms. The summed E-state index contributed by atoms with van der Waals surface area (Å²) in [7, 11) is 0. The monoisotopic (exact) mass is 395 g/mol. The fraction of sp³-hybridized carbons (Fsp3) is 0.238. The number of benzene rings is 1. The van der Waals surface area contributed by atoms with Crippen LogP contribution in [0.2, 0.25) is 0 Å². The Morgan fingerprint density at radius 2 is 2.04 bits per heavy atom. The zero-order valence-electron chi connectivity index (χ0n) is 15.1. The van der Waals surface area contributed by atoms with Gasteiger partial charge in [-0.05, 0) is 46.9 Å². The van der Waals surface area contributed by atoms with Crippen molar-refractivity contribution in [3.05, 3.63) is 70.1 Å². The molecule has 0 aliphatic rings. The molecule has 0 amide bonds. The van der Waals surface area contributed by atoms with Gasteiger partial charge in [0.05, 0.1) is 5.56 Å². The van der Waals surface area contributed by atoms with Crippen molar-refractivity contribution in [1.82, 2.24) is 14.6 Å². The number of hydrogen-bond acceptors (Lipinski definition) is 4. The summed E-state index contributed by atoms with van der Waals surface area (Å²) in [4.78, 5) is 18.3. The summed E-state index contributed by atoms with van der Waals surface area (Å²) < 4.78 is 1.53. The molecule has 1 N–H and O–H groups in total. The van der Waals surface area contributed by atoms with Crippen LogP contribution in [-0.2, 0) is 6.42 Å². The van der Waals surface area contributed by atoms with E-state index in [1.807, 2.05) is 36.2 Å². The molecular weight excluding hydrogens is 374 g/mol. The minimum Gasteiger partial charge on any atom is -0.296 e. The third-order valence-electron chi connectivity index (χ3n) is 4.45. The summed E-state index contributed by atoms with van der Waals surface area (Å²) >= 11 is 3.60. The number of aryl methyl sites for hydroxylation is 1. The molecule has 3 heterocycles. The van der Waals surface area contributed by atoms with Gasteiger partial charge in [0.25, 0.3) is 5.56 Å². The zero-order valence-corrected chi connectivity index (χ0v) is 16.8. The molecule has 4 rings (SSSR count). The lowest BCUT2D eigenvalue weighted by molar-refractivity contribution is 0.844. The maximum absolute atomic E-state index is 12.4. The average Bonchev–Trinajstić information content (AvgIpc) is 3.33. The maximum Gasteiger partial charge on any atom is 0.272 e. The van der Waals surface area contributed by atoms with E-state index in [9.17, 15) is 4.79 Å². The Kier molecular flexibility index (Phi) is 5.45. The molecule has 138 valence electrons. The average molecular weight is 396 g/mol. The molecule has 0 saturated carbocycles. The lowest BCUT2D eigenvalue weighted by Crippen LogP contribution is -2.15. The van der Waals surface area contributed by atoms with Crippen LogP contribution in [0.25, 0.3) is 27.2 Å². The molecule has 4 nitrogen and oxygen atoms in total. The van der Waals surface area contributed by atoms with Crippen LogP contribution in [0.3, 0.4) is 0 Å². The molecule has 0 fully saturated rings. The lowest BCUT2D eigenvalue weighted by atomic mass is 10.1. The first-order chi connectivity index (χ1) is 13.3. The first kappa shape index (κ1) is 18.1. The minimum atomic E-state index is -0.0516. The standard InChI is InChI=1S/C21H21N3OS2/c1-2-26-10-6-9-17-12-20(25)24-21(23-17)18(13-22-24)19-11-16(14-27-19)15-7-4-3-5-8-15/h3-5,7-8,11-14,22H,2,6,9-10H2,1H3. The Hall–Kier alpha value is -2.31. The van der Waals surface area contributed by atoms with Gasteiger partial charge in [-0.1, -0.05) is 37.3 Å². The van der Waals surface area contributed by atoms with Crippen LogP contribution in [0.1, 0.15) is 19.0 Å². The van der Waals surface area contributed by atoms with Gasteiger partial charge in [-0.25, -0.2) is 9.50 Å². The summed E-state index contributed by atoms with van der Waals surface area (Å²) in [6, 6.07) is 14.1. The molecule has 0 unspecified atom stereocenters. The van der Waals surface area contributed by atoms with E-state index < -0.39 is 0 Å². The van der Waals surface area contributed by atoms with Gasteiger partial charge < -0.3 is 0 Å². The molecule has 27 heavy (non-hydrogen) atoms. The molecule has 0 spiro atoms. The van der Waals surface area contributed by atoms with Gasteiger partial charge in [-0.3, -0.25) is 9.89 Å². The van der Waals surface area contributed by atoms with Crippen LogP contribution < -0.4 is 5.56 Å². The Labute approximate surface area is 166 Å². The van der Waals surface area contributed by atoms with Crippen molar-refractivity contribution >= 4 is 28.7 Å². The molecule has 0 saturated heterocycles. The van der Waals surface area contributed by atoms with Crippen molar-refractivity contribution in [1.29, 1.82) is 0 Å². The number of aromatic amines is 1. The van der Waals surface area contributed by atoms with E-state index in [1.165, 1.54) is 15.6 Å². The van der Waals surface area contributed by atoms with Gasteiger partial charge in [-0.2, -0.15) is 11.8 Å². The highest BCUT2D eigenvalue weighted by molar-refractivity contribution is 7.99. The molecule has 3 aromatic heterocycles. The number of thiophene rings is 1. The fourth-order valence-electron chi connectivity index (χ4n) is 3.10. The molecule has 4 aromatic rings. The van der Waals surface area contributed by atoms with Crippen molar-refractivity contribution < 1.29 is 0 Å². The number of nitrogens with one attached hydrogen (secondary N) is 1. The highest BCUT2D eigenvalue weighted by Crippen LogP contribution is 2.34. The second-order valence-electron chi connectivity index (χ2n) is 6.30. The van der Waals surface area contributed by atoms with E-state index in [1.54, 1.807) is 17.4 Å². The largest absolute Gasteiger partial charge is 0.296 e. The number of H-pyrrole nitrogens is 1. The second kappa shape index (κ2) is 8.15. The fourth-order valence-corrected chi connectivity index (χ4v) is 4.66. The van der Waals surface area contributed by atoms with Gasteiger partial charge in [0, 0.05) is 22.8 Å². The van der Waals surface area contributed by atoms with Crippen LogP contribution in [0, 0.1) is 0 Å². The van der Waals surface area contributed by atoms with Crippen LogP contribution in [0.5, 0.6) is 0 Å². The lowest BCUT2D eigenvalue weighted by Gasteiger charge is -2.02. The van der Waals surface area contributed by atoms with Crippen LogP contribution in [-0.4, -0.2) is 26.1 Å². The van der Waals surface area contributed by atoms with Crippen molar-refractivity contribution in [2.45, 2.75) is 19.8 Å². The van der Waals surface area contributed by atoms with E-state index in [0.29, 0.717) is 5.65 Å². The quantitative estimate of drug-likeness (QED) is 0.443.